The van der Waals surface area contributed by atoms with Crippen molar-refractivity contribution in [2.75, 3.05) is 0 Å². The van der Waals surface area contributed by atoms with E-state index >= 15 is 0 Å². The smallest absolute Gasteiger partial charge is 0.265 e. The van der Waals surface area contributed by atoms with Crippen LogP contribution in [0, 0.1) is 0 Å². The van der Waals surface area contributed by atoms with Gasteiger partial charge in [-0.3, -0.25) is 9.59 Å². The van der Waals surface area contributed by atoms with Gasteiger partial charge in [0.2, 0.25) is 0 Å². The average Bonchev–Trinajstić information content (AvgIpc) is 2.10. The summed E-state index contributed by atoms with van der Waals surface area (Å²) >= 11 is 0. The third-order valence-corrected chi connectivity index (χ3v) is 2.42. The van der Waals surface area contributed by atoms with E-state index in [0.717, 1.165) is 5.57 Å². The Balaban J connectivity index is 2.76. The minimum Gasteiger partial charge on any atom is -0.268 e. The van der Waals surface area contributed by atoms with Gasteiger partial charge in [0.1, 0.15) is 0 Å². The zero-order valence-electron chi connectivity index (χ0n) is 8.23. The highest BCUT2D eigenvalue weighted by Crippen LogP contribution is 2.13. The molecule has 2 heterocycles. The lowest BCUT2D eigenvalue weighted by atomic mass is 10.1. The van der Waals surface area contributed by atoms with E-state index in [-0.39, 0.29) is 17.2 Å². The molecule has 1 unspecified atom stereocenters. The summed E-state index contributed by atoms with van der Waals surface area (Å²) in [7, 11) is 0. The second kappa shape index (κ2) is 2.97. The van der Waals surface area contributed by atoms with Crippen molar-refractivity contribution in [2.45, 2.75) is 26.4 Å². The molecule has 0 amide bonds. The summed E-state index contributed by atoms with van der Waals surface area (Å²) in [6.45, 7) is 4.38. The van der Waals surface area contributed by atoms with Crippen LogP contribution in [0.15, 0.2) is 33.4 Å². The maximum Gasteiger partial charge on any atom is 0.265 e. The van der Waals surface area contributed by atoms with Crippen molar-refractivity contribution >= 4 is 0 Å². The number of nitrogens with zero attached hydrogens (tertiary/aromatic N) is 2. The molecule has 4 nitrogen and oxygen atoms in total. The fourth-order valence-electron chi connectivity index (χ4n) is 1.88. The van der Waals surface area contributed by atoms with Gasteiger partial charge in [0, 0.05) is 12.1 Å². The van der Waals surface area contributed by atoms with Crippen LogP contribution >= 0.6 is 0 Å². The molecule has 1 aromatic rings. The van der Waals surface area contributed by atoms with Gasteiger partial charge in [0.25, 0.3) is 11.1 Å². The summed E-state index contributed by atoms with van der Waals surface area (Å²) in [6.07, 6.45) is 2.00. The Bertz CT molecular complexity index is 508. The number of rotatable bonds is 0. The third kappa shape index (κ3) is 1.23. The molecule has 0 N–H and O–H groups in total. The monoisotopic (exact) mass is 192 g/mol. The largest absolute Gasteiger partial charge is 0.268 e. The maximum atomic E-state index is 11.5. The van der Waals surface area contributed by atoms with Crippen molar-refractivity contribution in [3.8, 4) is 0 Å². The van der Waals surface area contributed by atoms with Crippen LogP contribution in [-0.4, -0.2) is 9.36 Å². The van der Waals surface area contributed by atoms with Crippen LogP contribution in [0.25, 0.3) is 0 Å². The molecule has 0 radical (unpaired) electrons. The van der Waals surface area contributed by atoms with E-state index in [9.17, 15) is 9.59 Å². The van der Waals surface area contributed by atoms with Gasteiger partial charge in [-0.2, -0.15) is 0 Å². The molecule has 0 saturated carbocycles. The second-order valence-electron chi connectivity index (χ2n) is 3.67. The topological polar surface area (TPSA) is 44.0 Å². The summed E-state index contributed by atoms with van der Waals surface area (Å²) in [6, 6.07) is 2.61. The van der Waals surface area contributed by atoms with Crippen molar-refractivity contribution in [3.05, 3.63) is 44.5 Å². The molecule has 1 aromatic heterocycles. The van der Waals surface area contributed by atoms with Gasteiger partial charge in [-0.25, -0.2) is 9.36 Å². The molecule has 0 fully saturated rings. The van der Waals surface area contributed by atoms with Crippen LogP contribution in [0.4, 0.5) is 0 Å². The van der Waals surface area contributed by atoms with E-state index in [1.54, 1.807) is 0 Å². The molecule has 0 bridgehead atoms. The van der Waals surface area contributed by atoms with Gasteiger partial charge in [-0.05, 0) is 13.8 Å². The Morgan fingerprint density at radius 2 is 1.93 bits per heavy atom. The van der Waals surface area contributed by atoms with Gasteiger partial charge in [0.05, 0.1) is 12.6 Å². The SMILES string of the molecule is CC1=CC(C)n2c(=O)ccc(=O)n2C1. The number of aromatic nitrogens is 2. The van der Waals surface area contributed by atoms with Crippen molar-refractivity contribution in [1.29, 1.82) is 0 Å². The molecule has 0 aromatic carbocycles. The fourth-order valence-corrected chi connectivity index (χ4v) is 1.88. The number of allylic oxidation sites excluding steroid dienone is 2. The van der Waals surface area contributed by atoms with Crippen molar-refractivity contribution in [1.82, 2.24) is 9.36 Å². The Labute approximate surface area is 81.1 Å². The summed E-state index contributed by atoms with van der Waals surface area (Å²) < 4.78 is 2.98. The predicted molar refractivity (Wildman–Crippen MR) is 53.4 cm³/mol. The molecule has 1 atom stereocenters. The Hall–Kier alpha value is -1.58. The summed E-state index contributed by atoms with van der Waals surface area (Å²) in [5.41, 5.74) is 0.870. The van der Waals surface area contributed by atoms with Crippen LogP contribution in [0.2, 0.25) is 0 Å². The van der Waals surface area contributed by atoms with Crippen LogP contribution < -0.4 is 11.1 Å². The van der Waals surface area contributed by atoms with Gasteiger partial charge in [0.15, 0.2) is 0 Å². The fraction of sp³-hybridized carbons (Fsp3) is 0.400. The molecule has 4 heteroatoms. The van der Waals surface area contributed by atoms with E-state index in [0.29, 0.717) is 6.54 Å². The Kier molecular flexibility index (Phi) is 1.91. The highest BCUT2D eigenvalue weighted by atomic mass is 16.2. The second-order valence-corrected chi connectivity index (χ2v) is 3.67. The lowest BCUT2D eigenvalue weighted by molar-refractivity contribution is 0.390. The molecular weight excluding hydrogens is 180 g/mol. The number of fused-ring (bicyclic) bond motifs is 1. The quantitative estimate of drug-likeness (QED) is 0.563. The van der Waals surface area contributed by atoms with Crippen LogP contribution in [-0.2, 0) is 6.54 Å². The average molecular weight is 192 g/mol. The molecule has 74 valence electrons. The van der Waals surface area contributed by atoms with E-state index < -0.39 is 0 Å². The highest BCUT2D eigenvalue weighted by Gasteiger charge is 2.15. The first-order valence-corrected chi connectivity index (χ1v) is 4.59. The molecule has 2 rings (SSSR count). The van der Waals surface area contributed by atoms with Crippen LogP contribution in [0.5, 0.6) is 0 Å². The number of hydrogen-bond acceptors (Lipinski definition) is 2. The standard InChI is InChI=1S/C10H12N2O2/c1-7-5-8(2)12-10(14)4-3-9(13)11(12)6-7/h3-5,8H,6H2,1-2H3. The zero-order chi connectivity index (χ0) is 10.3. The zero-order valence-corrected chi connectivity index (χ0v) is 8.23. The minimum absolute atomic E-state index is 0.0369. The van der Waals surface area contributed by atoms with Gasteiger partial charge in [-0.1, -0.05) is 11.6 Å². The Morgan fingerprint density at radius 3 is 2.64 bits per heavy atom. The van der Waals surface area contributed by atoms with Crippen LogP contribution in [0.3, 0.4) is 0 Å². The molecule has 1 aliphatic rings. The van der Waals surface area contributed by atoms with Gasteiger partial charge in [-0.15, -0.1) is 0 Å². The third-order valence-electron chi connectivity index (χ3n) is 2.42. The van der Waals surface area contributed by atoms with Crippen molar-refractivity contribution in [3.63, 3.8) is 0 Å². The molecule has 14 heavy (non-hydrogen) atoms. The molecule has 0 spiro atoms. The van der Waals surface area contributed by atoms with E-state index in [4.69, 9.17) is 0 Å². The maximum absolute atomic E-state index is 11.5. The van der Waals surface area contributed by atoms with Gasteiger partial charge < -0.3 is 0 Å². The first-order valence-electron chi connectivity index (χ1n) is 4.59. The van der Waals surface area contributed by atoms with E-state index in [1.165, 1.54) is 21.5 Å². The normalized spacial score (nSPS) is 20.1. The lowest BCUT2D eigenvalue weighted by Gasteiger charge is -2.24. The first kappa shape index (κ1) is 8.99. The van der Waals surface area contributed by atoms with Crippen molar-refractivity contribution in [2.24, 2.45) is 0 Å². The van der Waals surface area contributed by atoms with Crippen LogP contribution in [0.1, 0.15) is 19.9 Å². The molecule has 0 saturated heterocycles. The molecule has 0 aliphatic carbocycles. The highest BCUT2D eigenvalue weighted by molar-refractivity contribution is 5.07. The predicted octanol–water partition coefficient (Wildman–Crippen LogP) is 0.531. The summed E-state index contributed by atoms with van der Waals surface area (Å²) in [4.78, 5) is 23.0. The summed E-state index contributed by atoms with van der Waals surface area (Å²) in [5, 5.41) is 0. The summed E-state index contributed by atoms with van der Waals surface area (Å²) in [5.74, 6) is 0. The molecule has 1 aliphatic heterocycles. The number of hydrogen-bond donors (Lipinski definition) is 0. The van der Waals surface area contributed by atoms with Gasteiger partial charge >= 0.3 is 0 Å². The van der Waals surface area contributed by atoms with E-state index in [2.05, 4.69) is 0 Å². The minimum atomic E-state index is -0.124. The lowest BCUT2D eigenvalue weighted by Crippen LogP contribution is -2.41. The first-order chi connectivity index (χ1) is 6.59. The van der Waals surface area contributed by atoms with Crippen molar-refractivity contribution < 1.29 is 0 Å². The Morgan fingerprint density at radius 1 is 1.29 bits per heavy atom. The molecular formula is C10H12N2O2. The van der Waals surface area contributed by atoms with E-state index in [1.807, 2.05) is 19.9 Å².